The Labute approximate surface area is 99.9 Å². The third-order valence-corrected chi connectivity index (χ3v) is 2.36. The third kappa shape index (κ3) is 2.75. The van der Waals surface area contributed by atoms with Crippen molar-refractivity contribution in [2.75, 3.05) is 27.3 Å². The van der Waals surface area contributed by atoms with E-state index in [4.69, 9.17) is 14.2 Å². The highest BCUT2D eigenvalue weighted by Crippen LogP contribution is 2.31. The van der Waals surface area contributed by atoms with Crippen LogP contribution in [-0.2, 0) is 9.47 Å². The summed E-state index contributed by atoms with van der Waals surface area (Å²) in [5.74, 6) is 0.470. The van der Waals surface area contributed by atoms with Gasteiger partial charge in [0.2, 0.25) is 0 Å². The summed E-state index contributed by atoms with van der Waals surface area (Å²) in [4.78, 5) is 12.9. The zero-order chi connectivity index (χ0) is 12.3. The SMILES string of the molecule is CN(C)C(=O)Oc1ccccc1C1OCCO1. The molecule has 0 unspecified atom stereocenters. The van der Waals surface area contributed by atoms with E-state index in [1.165, 1.54) is 4.90 Å². The summed E-state index contributed by atoms with van der Waals surface area (Å²) in [5.41, 5.74) is 0.736. The molecule has 1 aliphatic rings. The van der Waals surface area contributed by atoms with Gasteiger partial charge in [-0.1, -0.05) is 18.2 Å². The van der Waals surface area contributed by atoms with E-state index < -0.39 is 12.4 Å². The van der Waals surface area contributed by atoms with E-state index in [-0.39, 0.29) is 0 Å². The number of carbonyl (C=O) groups is 1. The molecule has 5 heteroatoms. The predicted octanol–water partition coefficient (Wildman–Crippen LogP) is 1.79. The molecule has 0 N–H and O–H groups in total. The molecule has 0 spiro atoms. The van der Waals surface area contributed by atoms with Crippen molar-refractivity contribution in [3.63, 3.8) is 0 Å². The highest BCUT2D eigenvalue weighted by atomic mass is 16.7. The van der Waals surface area contributed by atoms with Gasteiger partial charge in [0, 0.05) is 14.1 Å². The van der Waals surface area contributed by atoms with E-state index in [0.717, 1.165) is 5.56 Å². The van der Waals surface area contributed by atoms with E-state index >= 15 is 0 Å². The zero-order valence-corrected chi connectivity index (χ0v) is 9.88. The lowest BCUT2D eigenvalue weighted by Gasteiger charge is -2.16. The van der Waals surface area contributed by atoms with E-state index in [2.05, 4.69) is 0 Å². The first-order chi connectivity index (χ1) is 8.18. The van der Waals surface area contributed by atoms with E-state index in [1.807, 2.05) is 12.1 Å². The van der Waals surface area contributed by atoms with Gasteiger partial charge in [-0.25, -0.2) is 4.79 Å². The zero-order valence-electron chi connectivity index (χ0n) is 9.88. The fourth-order valence-corrected chi connectivity index (χ4v) is 1.49. The van der Waals surface area contributed by atoms with Crippen molar-refractivity contribution in [2.24, 2.45) is 0 Å². The molecule has 1 aromatic carbocycles. The monoisotopic (exact) mass is 237 g/mol. The molecule has 1 aliphatic heterocycles. The number of benzene rings is 1. The summed E-state index contributed by atoms with van der Waals surface area (Å²) in [7, 11) is 3.26. The molecule has 0 atom stereocenters. The summed E-state index contributed by atoms with van der Waals surface area (Å²) >= 11 is 0. The Morgan fingerprint density at radius 3 is 2.59 bits per heavy atom. The summed E-state index contributed by atoms with van der Waals surface area (Å²) in [5, 5.41) is 0. The van der Waals surface area contributed by atoms with Gasteiger partial charge >= 0.3 is 6.09 Å². The van der Waals surface area contributed by atoms with Gasteiger partial charge in [-0.05, 0) is 6.07 Å². The van der Waals surface area contributed by atoms with Gasteiger partial charge in [0.1, 0.15) is 5.75 Å². The second-order valence-electron chi connectivity index (χ2n) is 3.87. The van der Waals surface area contributed by atoms with Crippen LogP contribution in [0.25, 0.3) is 0 Å². The Balaban J connectivity index is 2.18. The van der Waals surface area contributed by atoms with Gasteiger partial charge in [0.15, 0.2) is 6.29 Å². The quantitative estimate of drug-likeness (QED) is 0.786. The van der Waals surface area contributed by atoms with Crippen molar-refractivity contribution in [2.45, 2.75) is 6.29 Å². The molecule has 1 amide bonds. The smallest absolute Gasteiger partial charge is 0.410 e. The first kappa shape index (κ1) is 11.9. The predicted molar refractivity (Wildman–Crippen MR) is 60.8 cm³/mol. The number of hydrogen-bond donors (Lipinski definition) is 0. The fraction of sp³-hybridized carbons (Fsp3) is 0.417. The van der Waals surface area contributed by atoms with Gasteiger partial charge < -0.3 is 19.1 Å². The van der Waals surface area contributed by atoms with Crippen LogP contribution in [0.3, 0.4) is 0 Å². The van der Waals surface area contributed by atoms with Crippen LogP contribution in [0.5, 0.6) is 5.75 Å². The molecule has 17 heavy (non-hydrogen) atoms. The Morgan fingerprint density at radius 2 is 1.94 bits per heavy atom. The average molecular weight is 237 g/mol. The van der Waals surface area contributed by atoms with Crippen molar-refractivity contribution >= 4 is 6.09 Å². The van der Waals surface area contributed by atoms with Crippen LogP contribution in [-0.4, -0.2) is 38.3 Å². The number of carbonyl (C=O) groups excluding carboxylic acids is 1. The van der Waals surface area contributed by atoms with Crippen LogP contribution in [0.4, 0.5) is 4.79 Å². The molecule has 2 rings (SSSR count). The van der Waals surface area contributed by atoms with Crippen molar-refractivity contribution in [1.29, 1.82) is 0 Å². The van der Waals surface area contributed by atoms with Crippen molar-refractivity contribution in [1.82, 2.24) is 4.90 Å². The third-order valence-electron chi connectivity index (χ3n) is 2.36. The van der Waals surface area contributed by atoms with Crippen LogP contribution in [0.2, 0.25) is 0 Å². The average Bonchev–Trinajstić information content (AvgIpc) is 2.83. The Morgan fingerprint density at radius 1 is 1.29 bits per heavy atom. The number of para-hydroxylation sites is 1. The lowest BCUT2D eigenvalue weighted by molar-refractivity contribution is -0.0453. The second kappa shape index (κ2) is 5.16. The molecule has 0 saturated carbocycles. The number of nitrogens with zero attached hydrogens (tertiary/aromatic N) is 1. The van der Waals surface area contributed by atoms with Crippen LogP contribution < -0.4 is 4.74 Å². The molecule has 1 fully saturated rings. The maximum Gasteiger partial charge on any atom is 0.414 e. The van der Waals surface area contributed by atoms with Crippen LogP contribution >= 0.6 is 0 Å². The minimum Gasteiger partial charge on any atom is -0.410 e. The lowest BCUT2D eigenvalue weighted by atomic mass is 10.2. The number of rotatable bonds is 2. The molecule has 0 radical (unpaired) electrons. The van der Waals surface area contributed by atoms with Gasteiger partial charge in [-0.15, -0.1) is 0 Å². The van der Waals surface area contributed by atoms with Gasteiger partial charge in [-0.3, -0.25) is 0 Å². The van der Waals surface area contributed by atoms with Gasteiger partial charge in [0.25, 0.3) is 0 Å². The number of hydrogen-bond acceptors (Lipinski definition) is 4. The number of amides is 1. The second-order valence-corrected chi connectivity index (χ2v) is 3.87. The molecule has 0 aromatic heterocycles. The first-order valence-corrected chi connectivity index (χ1v) is 5.40. The Kier molecular flexibility index (Phi) is 3.61. The summed E-state index contributed by atoms with van der Waals surface area (Å²) in [6, 6.07) is 7.21. The maximum absolute atomic E-state index is 11.5. The number of ether oxygens (including phenoxy) is 3. The van der Waals surface area contributed by atoms with Crippen molar-refractivity contribution in [3.05, 3.63) is 29.8 Å². The van der Waals surface area contributed by atoms with E-state index in [9.17, 15) is 4.79 Å². The molecule has 1 saturated heterocycles. The minimum atomic E-state index is -0.443. The first-order valence-electron chi connectivity index (χ1n) is 5.40. The van der Waals surface area contributed by atoms with Crippen molar-refractivity contribution < 1.29 is 19.0 Å². The molecule has 1 aromatic rings. The highest BCUT2D eigenvalue weighted by Gasteiger charge is 2.23. The molecule has 0 bridgehead atoms. The standard InChI is InChI=1S/C12H15NO4/c1-13(2)12(14)17-10-6-4-3-5-9(10)11-15-7-8-16-11/h3-6,11H,7-8H2,1-2H3. The summed E-state index contributed by atoms with van der Waals surface area (Å²) in [6.07, 6.45) is -0.864. The summed E-state index contributed by atoms with van der Waals surface area (Å²) in [6.45, 7) is 1.11. The largest absolute Gasteiger partial charge is 0.414 e. The Hall–Kier alpha value is -1.59. The van der Waals surface area contributed by atoms with Crippen LogP contribution in [0.1, 0.15) is 11.9 Å². The molecule has 5 nitrogen and oxygen atoms in total. The van der Waals surface area contributed by atoms with Crippen LogP contribution in [0, 0.1) is 0 Å². The molecule has 1 heterocycles. The fourth-order valence-electron chi connectivity index (χ4n) is 1.49. The molecule has 92 valence electrons. The topological polar surface area (TPSA) is 48.0 Å². The summed E-state index contributed by atoms with van der Waals surface area (Å²) < 4.78 is 16.0. The molecular formula is C12H15NO4. The normalized spacial score (nSPS) is 15.9. The Bertz CT molecular complexity index is 399. The maximum atomic E-state index is 11.5. The van der Waals surface area contributed by atoms with Gasteiger partial charge in [0.05, 0.1) is 18.8 Å². The lowest BCUT2D eigenvalue weighted by Crippen LogP contribution is -2.25. The van der Waals surface area contributed by atoms with Crippen LogP contribution in [0.15, 0.2) is 24.3 Å². The molecule has 0 aliphatic carbocycles. The highest BCUT2D eigenvalue weighted by molar-refractivity contribution is 5.70. The van der Waals surface area contributed by atoms with Crippen molar-refractivity contribution in [3.8, 4) is 5.75 Å². The van der Waals surface area contributed by atoms with Gasteiger partial charge in [-0.2, -0.15) is 0 Å². The molecular weight excluding hydrogens is 222 g/mol. The van der Waals surface area contributed by atoms with E-state index in [1.54, 1.807) is 26.2 Å². The minimum absolute atomic E-state index is 0.421. The van der Waals surface area contributed by atoms with E-state index in [0.29, 0.717) is 19.0 Å².